The fourth-order valence-corrected chi connectivity index (χ4v) is 1.93. The summed E-state index contributed by atoms with van der Waals surface area (Å²) in [4.78, 5) is 4.26. The van der Waals surface area contributed by atoms with Crippen LogP contribution in [-0.4, -0.2) is 25.6 Å². The van der Waals surface area contributed by atoms with Crippen molar-refractivity contribution in [3.05, 3.63) is 30.1 Å². The number of benzene rings is 1. The molecule has 118 valence electrons. The zero-order valence-electron chi connectivity index (χ0n) is 12.9. The van der Waals surface area contributed by atoms with Crippen LogP contribution < -0.4 is 16.4 Å². The molecule has 0 aliphatic rings. The van der Waals surface area contributed by atoms with Gasteiger partial charge in [-0.15, -0.1) is 0 Å². The molecule has 1 rings (SSSR count). The Bertz CT molecular complexity index is 420. The molecule has 21 heavy (non-hydrogen) atoms. The van der Waals surface area contributed by atoms with Crippen molar-refractivity contribution in [1.29, 1.82) is 0 Å². The number of unbranched alkanes of at least 4 members (excludes halogenated alkanes) is 3. The second kappa shape index (κ2) is 10.9. The van der Waals surface area contributed by atoms with Crippen LogP contribution in [0.5, 0.6) is 0 Å². The van der Waals surface area contributed by atoms with Crippen molar-refractivity contribution in [1.82, 2.24) is 5.32 Å². The third-order valence-corrected chi connectivity index (χ3v) is 3.11. The molecule has 4 N–H and O–H groups in total. The molecule has 0 saturated heterocycles. The van der Waals surface area contributed by atoms with E-state index in [1.165, 1.54) is 31.4 Å². The first kappa shape index (κ1) is 17.3. The summed E-state index contributed by atoms with van der Waals surface area (Å²) in [7, 11) is 0. The number of halogens is 1. The van der Waals surface area contributed by atoms with Gasteiger partial charge in [-0.25, -0.2) is 4.39 Å². The number of nitrogens with one attached hydrogen (secondary N) is 2. The van der Waals surface area contributed by atoms with Gasteiger partial charge in [0.2, 0.25) is 0 Å². The number of aliphatic imine (C=N–C) groups is 1. The van der Waals surface area contributed by atoms with Crippen molar-refractivity contribution in [2.45, 2.75) is 39.0 Å². The zero-order chi connectivity index (χ0) is 15.3. The summed E-state index contributed by atoms with van der Waals surface area (Å²) in [6.45, 7) is 4.49. The Balaban J connectivity index is 2.05. The topological polar surface area (TPSA) is 62.4 Å². The van der Waals surface area contributed by atoms with Crippen molar-refractivity contribution in [3.8, 4) is 0 Å². The van der Waals surface area contributed by atoms with Crippen molar-refractivity contribution in [2.75, 3.05) is 25.0 Å². The van der Waals surface area contributed by atoms with Gasteiger partial charge in [-0.05, 0) is 31.0 Å². The highest BCUT2D eigenvalue weighted by atomic mass is 19.1. The Morgan fingerprint density at radius 2 is 2.05 bits per heavy atom. The molecule has 0 bridgehead atoms. The van der Waals surface area contributed by atoms with Gasteiger partial charge in [0.1, 0.15) is 5.82 Å². The van der Waals surface area contributed by atoms with Crippen LogP contribution in [0.2, 0.25) is 0 Å². The fraction of sp³-hybridized carbons (Fsp3) is 0.562. The van der Waals surface area contributed by atoms with Gasteiger partial charge in [0.25, 0.3) is 0 Å². The molecule has 0 spiro atoms. The van der Waals surface area contributed by atoms with Gasteiger partial charge in [-0.1, -0.05) is 32.3 Å². The monoisotopic (exact) mass is 294 g/mol. The molecular weight excluding hydrogens is 267 g/mol. The van der Waals surface area contributed by atoms with Crippen LogP contribution >= 0.6 is 0 Å². The molecule has 1 aromatic carbocycles. The van der Waals surface area contributed by atoms with Gasteiger partial charge in [0.05, 0.1) is 0 Å². The maximum atomic E-state index is 13.0. The lowest BCUT2D eigenvalue weighted by molar-refractivity contribution is 0.628. The molecule has 0 saturated carbocycles. The predicted molar refractivity (Wildman–Crippen MR) is 88.1 cm³/mol. The van der Waals surface area contributed by atoms with E-state index in [1.807, 2.05) is 6.07 Å². The van der Waals surface area contributed by atoms with E-state index < -0.39 is 0 Å². The molecule has 0 heterocycles. The van der Waals surface area contributed by atoms with Crippen LogP contribution in [0.1, 0.15) is 39.0 Å². The van der Waals surface area contributed by atoms with E-state index >= 15 is 0 Å². The molecule has 4 nitrogen and oxygen atoms in total. The summed E-state index contributed by atoms with van der Waals surface area (Å²) in [5, 5.41) is 6.27. The summed E-state index contributed by atoms with van der Waals surface area (Å²) in [6, 6.07) is 6.45. The van der Waals surface area contributed by atoms with Crippen LogP contribution in [0.15, 0.2) is 29.3 Å². The number of hydrogen-bond acceptors (Lipinski definition) is 2. The van der Waals surface area contributed by atoms with Crippen LogP contribution in [0.4, 0.5) is 10.1 Å². The van der Waals surface area contributed by atoms with Gasteiger partial charge in [-0.2, -0.15) is 0 Å². The molecular formula is C16H27FN4. The number of nitrogens with two attached hydrogens (primary N) is 1. The number of hydrogen-bond donors (Lipinski definition) is 3. The SMILES string of the molecule is CCCCCCNC(N)=NCCCNc1cccc(F)c1. The molecule has 0 aliphatic heterocycles. The maximum Gasteiger partial charge on any atom is 0.188 e. The average molecular weight is 294 g/mol. The van der Waals surface area contributed by atoms with Crippen LogP contribution in [0, 0.1) is 5.82 Å². The second-order valence-corrected chi connectivity index (χ2v) is 5.05. The van der Waals surface area contributed by atoms with E-state index in [2.05, 4.69) is 22.5 Å². The van der Waals surface area contributed by atoms with Gasteiger partial charge < -0.3 is 16.4 Å². The molecule has 0 fully saturated rings. The molecule has 0 aliphatic carbocycles. The summed E-state index contributed by atoms with van der Waals surface area (Å²) >= 11 is 0. The predicted octanol–water partition coefficient (Wildman–Crippen LogP) is 3.11. The molecule has 0 aromatic heterocycles. The van der Waals surface area contributed by atoms with E-state index in [0.29, 0.717) is 12.5 Å². The van der Waals surface area contributed by atoms with E-state index in [4.69, 9.17) is 5.73 Å². The molecule has 5 heteroatoms. The van der Waals surface area contributed by atoms with E-state index in [1.54, 1.807) is 6.07 Å². The third kappa shape index (κ3) is 8.89. The van der Waals surface area contributed by atoms with E-state index in [0.717, 1.165) is 31.6 Å². The fourth-order valence-electron chi connectivity index (χ4n) is 1.93. The lowest BCUT2D eigenvalue weighted by Gasteiger charge is -2.06. The normalized spacial score (nSPS) is 11.4. The van der Waals surface area contributed by atoms with Gasteiger partial charge in [0, 0.05) is 25.3 Å². The minimum Gasteiger partial charge on any atom is -0.385 e. The van der Waals surface area contributed by atoms with Crippen molar-refractivity contribution in [3.63, 3.8) is 0 Å². The first-order valence-electron chi connectivity index (χ1n) is 7.75. The molecule has 0 radical (unpaired) electrons. The number of rotatable bonds is 10. The quantitative estimate of drug-likeness (QED) is 0.353. The molecule has 0 amide bonds. The van der Waals surface area contributed by atoms with Gasteiger partial charge in [-0.3, -0.25) is 4.99 Å². The highest BCUT2D eigenvalue weighted by molar-refractivity contribution is 5.77. The first-order valence-corrected chi connectivity index (χ1v) is 7.75. The highest BCUT2D eigenvalue weighted by Crippen LogP contribution is 2.08. The van der Waals surface area contributed by atoms with Crippen molar-refractivity contribution >= 4 is 11.6 Å². The second-order valence-electron chi connectivity index (χ2n) is 5.05. The van der Waals surface area contributed by atoms with Crippen molar-refractivity contribution < 1.29 is 4.39 Å². The Labute approximate surface area is 127 Å². The van der Waals surface area contributed by atoms with Gasteiger partial charge in [0.15, 0.2) is 5.96 Å². The lowest BCUT2D eigenvalue weighted by atomic mass is 10.2. The van der Waals surface area contributed by atoms with Crippen LogP contribution in [0.3, 0.4) is 0 Å². The van der Waals surface area contributed by atoms with Crippen LogP contribution in [-0.2, 0) is 0 Å². The average Bonchev–Trinajstić information content (AvgIpc) is 2.47. The van der Waals surface area contributed by atoms with Gasteiger partial charge >= 0.3 is 0 Å². The largest absolute Gasteiger partial charge is 0.385 e. The van der Waals surface area contributed by atoms with E-state index in [9.17, 15) is 4.39 Å². The van der Waals surface area contributed by atoms with Crippen molar-refractivity contribution in [2.24, 2.45) is 10.7 Å². The molecule has 0 atom stereocenters. The summed E-state index contributed by atoms with van der Waals surface area (Å²) < 4.78 is 13.0. The smallest absolute Gasteiger partial charge is 0.188 e. The molecule has 0 unspecified atom stereocenters. The number of anilines is 1. The Hall–Kier alpha value is -1.78. The van der Waals surface area contributed by atoms with Crippen LogP contribution in [0.25, 0.3) is 0 Å². The standard InChI is InChI=1S/C16H27FN4/c1-2-3-4-5-10-20-16(18)21-12-7-11-19-15-9-6-8-14(17)13-15/h6,8-9,13,19H,2-5,7,10-12H2,1H3,(H3,18,20,21). The lowest BCUT2D eigenvalue weighted by Crippen LogP contribution is -2.32. The zero-order valence-corrected chi connectivity index (χ0v) is 12.9. The Morgan fingerprint density at radius 1 is 1.19 bits per heavy atom. The number of nitrogens with zero attached hydrogens (tertiary/aromatic N) is 1. The Kier molecular flexibility index (Phi) is 9.00. The van der Waals surface area contributed by atoms with E-state index in [-0.39, 0.29) is 5.82 Å². The summed E-state index contributed by atoms with van der Waals surface area (Å²) in [5.74, 6) is 0.284. The summed E-state index contributed by atoms with van der Waals surface area (Å²) in [5.41, 5.74) is 6.56. The minimum atomic E-state index is -0.227. The third-order valence-electron chi connectivity index (χ3n) is 3.11. The first-order chi connectivity index (χ1) is 10.2. The molecule has 1 aromatic rings. The maximum absolute atomic E-state index is 13.0. The number of guanidine groups is 1. The minimum absolute atomic E-state index is 0.227. The Morgan fingerprint density at radius 3 is 2.81 bits per heavy atom. The highest BCUT2D eigenvalue weighted by Gasteiger charge is 1.95. The summed E-state index contributed by atoms with van der Waals surface area (Å²) in [6.07, 6.45) is 5.72.